The Morgan fingerprint density at radius 2 is 1.70 bits per heavy atom. The summed E-state index contributed by atoms with van der Waals surface area (Å²) in [6, 6.07) is 22.6. The second kappa shape index (κ2) is 20.4. The van der Waals surface area contributed by atoms with Crippen LogP contribution in [0, 0.1) is 11.8 Å². The number of rotatable bonds is 18. The number of carbonyl (C=O) groups excluding carboxylic acids is 4. The van der Waals surface area contributed by atoms with E-state index in [-0.39, 0.29) is 42.3 Å². The molecule has 3 N–H and O–H groups in total. The number of halogens is 1. The highest BCUT2D eigenvalue weighted by Gasteiger charge is 2.43. The van der Waals surface area contributed by atoms with Crippen LogP contribution in [0.15, 0.2) is 94.9 Å². The third kappa shape index (κ3) is 11.4. The predicted octanol–water partition coefficient (Wildman–Crippen LogP) is 8.79. The van der Waals surface area contributed by atoms with E-state index in [2.05, 4.69) is 16.4 Å². The second-order valence-corrected chi connectivity index (χ2v) is 15.6. The Hall–Kier alpha value is -4.80. The predicted molar refractivity (Wildman–Crippen MR) is 217 cm³/mol. The van der Waals surface area contributed by atoms with E-state index in [1.165, 1.54) is 12.0 Å². The van der Waals surface area contributed by atoms with E-state index in [1.807, 2.05) is 66.7 Å². The normalized spacial score (nSPS) is 18.0. The summed E-state index contributed by atoms with van der Waals surface area (Å²) in [5.74, 6) is -1.54. The Morgan fingerprint density at radius 3 is 2.45 bits per heavy atom. The van der Waals surface area contributed by atoms with E-state index in [9.17, 15) is 19.2 Å². The number of ether oxygens (including phenoxy) is 1. The van der Waals surface area contributed by atoms with E-state index in [0.717, 1.165) is 49.7 Å². The molecule has 0 unspecified atom stereocenters. The number of aromatic nitrogens is 1. The zero-order valence-electron chi connectivity index (χ0n) is 32.0. The van der Waals surface area contributed by atoms with Crippen LogP contribution in [0.25, 0.3) is 11.1 Å². The number of unbranched alkanes of at least 4 members (excludes halogenated alkanes) is 1. The molecule has 10 nitrogen and oxygen atoms in total. The molecule has 0 radical (unpaired) electrons. The summed E-state index contributed by atoms with van der Waals surface area (Å²) in [4.78, 5) is 62.5. The number of aryl methyl sites for hydroxylation is 1. The molecule has 1 aliphatic heterocycles. The number of hydrogen-bond donors (Lipinski definition) is 2. The van der Waals surface area contributed by atoms with Crippen molar-refractivity contribution in [3.63, 3.8) is 0 Å². The zero-order chi connectivity index (χ0) is 39.3. The van der Waals surface area contributed by atoms with Crippen molar-refractivity contribution < 1.29 is 28.3 Å². The average Bonchev–Trinajstić information content (AvgIpc) is 3.87. The smallest absolute Gasteiger partial charge is 0.408 e. The standard InChI is InChI=1S/C45H53ClN4O6/c46-36-23-20-32(21-24-36)18-19-34-27-39(40(51)28-35(15-9-10-26-47)42(52)43-48-37-16-7-8-17-41(37)56-43)50(29-34)44(53)38(25-22-31-11-3-1-4-12-31)49-45(54)55-30-33-13-5-2-6-14-33/h2,5-8,13-14,16-17,20-24,34-35,38-39H,1,3-4,9-12,15,18-19,25-30,47H2,(H,49,54)/t34-,35-,38-,39+/m1/s1. The third-order valence-electron chi connectivity index (χ3n) is 11.1. The van der Waals surface area contributed by atoms with Gasteiger partial charge in [-0.2, -0.15) is 0 Å². The van der Waals surface area contributed by atoms with Gasteiger partial charge in [0.1, 0.15) is 18.2 Å². The van der Waals surface area contributed by atoms with Gasteiger partial charge in [-0.1, -0.05) is 90.7 Å². The lowest BCUT2D eigenvalue weighted by Gasteiger charge is -2.29. The largest absolute Gasteiger partial charge is 0.445 e. The first kappa shape index (κ1) is 40.9. The van der Waals surface area contributed by atoms with Gasteiger partial charge < -0.3 is 25.1 Å². The molecule has 1 saturated heterocycles. The Balaban J connectivity index is 1.23. The number of nitrogens with zero attached hydrogens (tertiary/aromatic N) is 2. The minimum absolute atomic E-state index is 0.0222. The van der Waals surface area contributed by atoms with E-state index in [4.69, 9.17) is 26.5 Å². The highest BCUT2D eigenvalue weighted by Crippen LogP contribution is 2.32. The van der Waals surface area contributed by atoms with Crippen LogP contribution in [0.1, 0.15) is 98.9 Å². The molecule has 2 heterocycles. The van der Waals surface area contributed by atoms with Crippen molar-refractivity contribution in [3.8, 4) is 0 Å². The number of para-hydroxylation sites is 2. The molecule has 1 aliphatic carbocycles. The van der Waals surface area contributed by atoms with Gasteiger partial charge in [0.15, 0.2) is 11.4 Å². The number of allylic oxidation sites excluding steroid dienone is 1. The summed E-state index contributed by atoms with van der Waals surface area (Å²) in [6.07, 6.45) is 10.7. The van der Waals surface area contributed by atoms with Gasteiger partial charge in [0.2, 0.25) is 11.7 Å². The molecule has 1 saturated carbocycles. The van der Waals surface area contributed by atoms with Crippen LogP contribution in [0.2, 0.25) is 5.02 Å². The number of likely N-dealkylation sites (tertiary alicyclic amines) is 1. The van der Waals surface area contributed by atoms with Gasteiger partial charge in [-0.15, -0.1) is 0 Å². The summed E-state index contributed by atoms with van der Waals surface area (Å²) < 4.78 is 11.4. The van der Waals surface area contributed by atoms with Crippen molar-refractivity contribution in [1.29, 1.82) is 0 Å². The first-order chi connectivity index (χ1) is 27.3. The fourth-order valence-corrected chi connectivity index (χ4v) is 8.04. The van der Waals surface area contributed by atoms with Crippen molar-refractivity contribution in [2.24, 2.45) is 17.6 Å². The first-order valence-corrected chi connectivity index (χ1v) is 20.5. The molecule has 11 heteroatoms. The Kier molecular flexibility index (Phi) is 14.9. The minimum Gasteiger partial charge on any atom is -0.445 e. The van der Waals surface area contributed by atoms with E-state index < -0.39 is 24.1 Å². The molecule has 0 bridgehead atoms. The molecule has 3 aromatic carbocycles. The Bertz CT molecular complexity index is 1920. The SMILES string of the molecule is NCCCC[C@H](CC(=O)[C@@H]1C[C@@H](CCc2ccc(Cl)cc2)CN1C(=O)[C@@H](CC=C1CCCCC1)NC(=O)OCc1ccccc1)C(=O)c1nc2ccccc2o1. The van der Waals surface area contributed by atoms with Crippen molar-refractivity contribution in [2.75, 3.05) is 13.1 Å². The van der Waals surface area contributed by atoms with Crippen LogP contribution in [-0.2, 0) is 27.4 Å². The number of nitrogens with two attached hydrogens (primary N) is 1. The summed E-state index contributed by atoms with van der Waals surface area (Å²) in [6.45, 7) is 0.885. The van der Waals surface area contributed by atoms with E-state index in [1.54, 1.807) is 17.0 Å². The number of nitrogens with one attached hydrogen (secondary N) is 1. The summed E-state index contributed by atoms with van der Waals surface area (Å²) in [5, 5.41) is 3.52. The Labute approximate surface area is 334 Å². The molecule has 2 fully saturated rings. The minimum atomic E-state index is -0.931. The number of alkyl carbamates (subject to hydrolysis) is 1. The number of benzene rings is 3. The molecule has 6 rings (SSSR count). The molecule has 0 spiro atoms. The maximum atomic E-state index is 14.7. The Morgan fingerprint density at radius 1 is 0.946 bits per heavy atom. The van der Waals surface area contributed by atoms with Crippen LogP contribution >= 0.6 is 11.6 Å². The molecule has 4 aromatic rings. The number of Topliss-reactive ketones (excluding diaryl/α,β-unsaturated/α-hetero) is 2. The fourth-order valence-electron chi connectivity index (χ4n) is 7.92. The van der Waals surface area contributed by atoms with Gasteiger partial charge in [0.25, 0.3) is 5.89 Å². The van der Waals surface area contributed by atoms with Crippen LogP contribution in [0.3, 0.4) is 0 Å². The number of oxazole rings is 1. The summed E-state index contributed by atoms with van der Waals surface area (Å²) in [5.41, 5.74) is 10.1. The quantitative estimate of drug-likeness (QED) is 0.0579. The molecule has 1 aromatic heterocycles. The van der Waals surface area contributed by atoms with Crippen molar-refractivity contribution in [3.05, 3.63) is 113 Å². The first-order valence-electron chi connectivity index (χ1n) is 20.1. The van der Waals surface area contributed by atoms with Crippen molar-refractivity contribution >= 4 is 46.3 Å². The fraction of sp³-hybridized carbons (Fsp3) is 0.444. The number of carbonyl (C=O) groups is 4. The average molecular weight is 781 g/mol. The molecule has 2 aliphatic rings. The van der Waals surface area contributed by atoms with Crippen molar-refractivity contribution in [2.45, 2.75) is 102 Å². The van der Waals surface area contributed by atoms with Crippen LogP contribution in [0.4, 0.5) is 4.79 Å². The number of fused-ring (bicyclic) bond motifs is 1. The monoisotopic (exact) mass is 780 g/mol. The zero-order valence-corrected chi connectivity index (χ0v) is 32.8. The maximum Gasteiger partial charge on any atom is 0.408 e. The van der Waals surface area contributed by atoms with Gasteiger partial charge in [-0.3, -0.25) is 14.4 Å². The third-order valence-corrected chi connectivity index (χ3v) is 11.3. The number of amides is 2. The summed E-state index contributed by atoms with van der Waals surface area (Å²) in [7, 11) is 0. The lowest BCUT2D eigenvalue weighted by atomic mass is 9.88. The van der Waals surface area contributed by atoms with Gasteiger partial charge in [0.05, 0.1) is 6.04 Å². The molecular weight excluding hydrogens is 728 g/mol. The lowest BCUT2D eigenvalue weighted by Crippen LogP contribution is -2.52. The number of ketones is 2. The van der Waals surface area contributed by atoms with Gasteiger partial charge in [0, 0.05) is 23.9 Å². The van der Waals surface area contributed by atoms with Crippen molar-refractivity contribution in [1.82, 2.24) is 15.2 Å². The van der Waals surface area contributed by atoms with Gasteiger partial charge in [-0.05, 0) is 112 Å². The lowest BCUT2D eigenvalue weighted by molar-refractivity contribution is -0.139. The van der Waals surface area contributed by atoms with E-state index in [0.29, 0.717) is 61.3 Å². The number of hydrogen-bond acceptors (Lipinski definition) is 8. The highest BCUT2D eigenvalue weighted by molar-refractivity contribution is 6.30. The van der Waals surface area contributed by atoms with Gasteiger partial charge >= 0.3 is 6.09 Å². The summed E-state index contributed by atoms with van der Waals surface area (Å²) >= 11 is 6.14. The highest BCUT2D eigenvalue weighted by atomic mass is 35.5. The van der Waals surface area contributed by atoms with Crippen LogP contribution in [-0.4, -0.2) is 58.6 Å². The molecule has 4 atom stereocenters. The second-order valence-electron chi connectivity index (χ2n) is 15.2. The molecule has 2 amide bonds. The van der Waals surface area contributed by atoms with Gasteiger partial charge in [-0.25, -0.2) is 9.78 Å². The molecular formula is C45H53ClN4O6. The molecule has 56 heavy (non-hydrogen) atoms. The maximum absolute atomic E-state index is 14.7. The molecule has 296 valence electrons. The van der Waals surface area contributed by atoms with Crippen LogP contribution < -0.4 is 11.1 Å². The van der Waals surface area contributed by atoms with Crippen LogP contribution in [0.5, 0.6) is 0 Å². The van der Waals surface area contributed by atoms with E-state index >= 15 is 0 Å². The topological polar surface area (TPSA) is 145 Å².